The minimum Gasteiger partial charge on any atom is -0.527 e. The standard InChI is InChI=1S/C5H4N2O/c1-7-5(4-8)2-3-6/h4,8H,2H2/b5-4+. The molecule has 0 aromatic rings. The third-order valence-corrected chi connectivity index (χ3v) is 0.553. The molecular formula is C5H4N2O. The van der Waals surface area contributed by atoms with Crippen LogP contribution < -0.4 is 0 Å². The summed E-state index contributed by atoms with van der Waals surface area (Å²) in [6, 6.07) is 1.73. The van der Waals surface area contributed by atoms with Crippen LogP contribution in [0.4, 0.5) is 0 Å². The monoisotopic (exact) mass is 108 g/mol. The van der Waals surface area contributed by atoms with Gasteiger partial charge in [-0.3, -0.25) is 0 Å². The second kappa shape index (κ2) is 3.70. The molecule has 0 fully saturated rings. The van der Waals surface area contributed by atoms with Gasteiger partial charge in [-0.05, 0) is 0 Å². The summed E-state index contributed by atoms with van der Waals surface area (Å²) < 4.78 is 0. The first-order valence-electron chi connectivity index (χ1n) is 1.92. The van der Waals surface area contributed by atoms with Crippen LogP contribution in [-0.2, 0) is 0 Å². The summed E-state index contributed by atoms with van der Waals surface area (Å²) in [5.74, 6) is 0. The van der Waals surface area contributed by atoms with Crippen LogP contribution in [-0.4, -0.2) is 5.11 Å². The summed E-state index contributed by atoms with van der Waals surface area (Å²) in [6.07, 6.45) is 0.635. The van der Waals surface area contributed by atoms with E-state index >= 15 is 0 Å². The average molecular weight is 108 g/mol. The van der Waals surface area contributed by atoms with E-state index in [-0.39, 0.29) is 12.1 Å². The van der Waals surface area contributed by atoms with Gasteiger partial charge in [-0.2, -0.15) is 5.26 Å². The van der Waals surface area contributed by atoms with E-state index < -0.39 is 0 Å². The predicted molar refractivity (Wildman–Crippen MR) is 27.5 cm³/mol. The number of allylic oxidation sites excluding steroid dienone is 1. The topological polar surface area (TPSA) is 48.4 Å². The van der Waals surface area contributed by atoms with Crippen molar-refractivity contribution in [3.8, 4) is 6.07 Å². The molecule has 0 aliphatic rings. The average Bonchev–Trinajstić information content (AvgIpc) is 1.83. The molecule has 0 bridgehead atoms. The van der Waals surface area contributed by atoms with E-state index in [0.29, 0.717) is 6.26 Å². The first-order valence-corrected chi connectivity index (χ1v) is 1.92. The second-order valence-corrected chi connectivity index (χ2v) is 1.07. The van der Waals surface area contributed by atoms with Crippen LogP contribution in [0.3, 0.4) is 0 Å². The lowest BCUT2D eigenvalue weighted by molar-refractivity contribution is 0.468. The largest absolute Gasteiger partial charge is 0.527 e. The Morgan fingerprint density at radius 2 is 2.62 bits per heavy atom. The number of rotatable bonds is 1. The van der Waals surface area contributed by atoms with Crippen LogP contribution in [0.1, 0.15) is 6.42 Å². The Kier molecular flexibility index (Phi) is 3.02. The van der Waals surface area contributed by atoms with Crippen LogP contribution in [0, 0.1) is 17.9 Å². The molecule has 0 amide bonds. The molecule has 0 heterocycles. The zero-order valence-corrected chi connectivity index (χ0v) is 4.13. The molecule has 0 aliphatic carbocycles. The highest BCUT2D eigenvalue weighted by atomic mass is 16.2. The van der Waals surface area contributed by atoms with E-state index in [4.69, 9.17) is 16.9 Å². The van der Waals surface area contributed by atoms with Gasteiger partial charge in [0.25, 0.3) is 0 Å². The van der Waals surface area contributed by atoms with Gasteiger partial charge in [0.15, 0.2) is 0 Å². The van der Waals surface area contributed by atoms with Crippen LogP contribution >= 0.6 is 0 Å². The van der Waals surface area contributed by atoms with Gasteiger partial charge >= 0.3 is 0 Å². The van der Waals surface area contributed by atoms with Crippen LogP contribution in [0.15, 0.2) is 12.0 Å². The van der Waals surface area contributed by atoms with E-state index in [1.165, 1.54) is 0 Å². The molecule has 40 valence electrons. The fourth-order valence-electron chi connectivity index (χ4n) is 0.195. The number of hydrogen-bond donors (Lipinski definition) is 1. The maximum atomic E-state index is 8.13. The van der Waals surface area contributed by atoms with Gasteiger partial charge < -0.3 is 5.11 Å². The number of aliphatic hydroxyl groups is 1. The minimum atomic E-state index is -0.0139. The van der Waals surface area contributed by atoms with Crippen molar-refractivity contribution in [1.29, 1.82) is 5.26 Å². The van der Waals surface area contributed by atoms with Crippen molar-refractivity contribution < 1.29 is 5.11 Å². The van der Waals surface area contributed by atoms with Crippen molar-refractivity contribution in [2.75, 3.05) is 0 Å². The lowest BCUT2D eigenvalue weighted by Crippen LogP contribution is -1.69. The minimum absolute atomic E-state index is 0.0139. The fraction of sp³-hybridized carbons (Fsp3) is 0.200. The highest BCUT2D eigenvalue weighted by Crippen LogP contribution is 1.97. The van der Waals surface area contributed by atoms with E-state index in [9.17, 15) is 0 Å². The number of nitrogens with zero attached hydrogens (tertiary/aromatic N) is 2. The zero-order chi connectivity index (χ0) is 6.41. The van der Waals surface area contributed by atoms with E-state index in [1.54, 1.807) is 6.07 Å². The Hall–Kier alpha value is -1.48. The number of hydrogen-bond acceptors (Lipinski definition) is 2. The Bertz CT molecular complexity index is 170. The molecule has 0 radical (unpaired) electrons. The zero-order valence-electron chi connectivity index (χ0n) is 4.13. The first-order chi connectivity index (χ1) is 3.85. The molecule has 8 heavy (non-hydrogen) atoms. The summed E-state index contributed by atoms with van der Waals surface area (Å²) >= 11 is 0. The molecule has 0 atom stereocenters. The molecule has 0 spiro atoms. The predicted octanol–water partition coefficient (Wildman–Crippen LogP) is 1.22. The molecular weight excluding hydrogens is 104 g/mol. The third kappa shape index (κ3) is 1.84. The van der Waals surface area contributed by atoms with Gasteiger partial charge in [0.05, 0.1) is 25.3 Å². The van der Waals surface area contributed by atoms with Crippen molar-refractivity contribution in [3.05, 3.63) is 23.4 Å². The molecule has 0 rings (SSSR count). The lowest BCUT2D eigenvalue weighted by atomic mass is 10.4. The SMILES string of the molecule is [C-]#[N+]/C(=C/O)CC#N. The second-order valence-electron chi connectivity index (χ2n) is 1.07. The van der Waals surface area contributed by atoms with Gasteiger partial charge in [0.1, 0.15) is 0 Å². The van der Waals surface area contributed by atoms with Crippen molar-refractivity contribution in [3.63, 3.8) is 0 Å². The summed E-state index contributed by atoms with van der Waals surface area (Å²) in [7, 11) is 0. The normalized spacial score (nSPS) is 9.50. The summed E-state index contributed by atoms with van der Waals surface area (Å²) in [5.41, 5.74) is 0.0764. The lowest BCUT2D eigenvalue weighted by Gasteiger charge is -1.79. The number of nitriles is 1. The summed E-state index contributed by atoms with van der Waals surface area (Å²) in [6.45, 7) is 6.31. The maximum absolute atomic E-state index is 8.13. The third-order valence-electron chi connectivity index (χ3n) is 0.553. The smallest absolute Gasteiger partial charge is 0.212 e. The Balaban J connectivity index is 3.83. The van der Waals surface area contributed by atoms with Crippen molar-refractivity contribution in [2.45, 2.75) is 6.42 Å². The summed E-state index contributed by atoms with van der Waals surface area (Å²) in [4.78, 5) is 2.83. The van der Waals surface area contributed by atoms with Crippen LogP contribution in [0.5, 0.6) is 0 Å². The van der Waals surface area contributed by atoms with Gasteiger partial charge in [0, 0.05) is 0 Å². The molecule has 0 saturated carbocycles. The van der Waals surface area contributed by atoms with E-state index in [0.717, 1.165) is 0 Å². The van der Waals surface area contributed by atoms with Crippen molar-refractivity contribution >= 4 is 0 Å². The van der Waals surface area contributed by atoms with Gasteiger partial charge in [-0.15, -0.1) is 0 Å². The van der Waals surface area contributed by atoms with Gasteiger partial charge in [-0.25, -0.2) is 4.85 Å². The van der Waals surface area contributed by atoms with E-state index in [2.05, 4.69) is 4.85 Å². The first kappa shape index (κ1) is 6.52. The Morgan fingerprint density at radius 1 is 2.00 bits per heavy atom. The molecule has 3 heteroatoms. The summed E-state index contributed by atoms with van der Waals surface area (Å²) in [5, 5.41) is 16.1. The fourth-order valence-corrected chi connectivity index (χ4v) is 0.195. The molecule has 0 aliphatic heterocycles. The van der Waals surface area contributed by atoms with Gasteiger partial charge in [0.2, 0.25) is 5.70 Å². The Morgan fingerprint density at radius 3 is 2.75 bits per heavy atom. The molecule has 1 N–H and O–H groups in total. The molecule has 3 nitrogen and oxygen atoms in total. The van der Waals surface area contributed by atoms with E-state index in [1.807, 2.05) is 0 Å². The van der Waals surface area contributed by atoms with Crippen LogP contribution in [0.2, 0.25) is 0 Å². The quantitative estimate of drug-likeness (QED) is 0.405. The van der Waals surface area contributed by atoms with Crippen molar-refractivity contribution in [2.24, 2.45) is 0 Å². The molecule has 0 unspecified atom stereocenters. The van der Waals surface area contributed by atoms with Crippen LogP contribution in [0.25, 0.3) is 4.85 Å². The highest BCUT2D eigenvalue weighted by molar-refractivity contribution is 5.11. The van der Waals surface area contributed by atoms with Crippen molar-refractivity contribution in [1.82, 2.24) is 0 Å². The highest BCUT2D eigenvalue weighted by Gasteiger charge is 1.90. The molecule has 0 saturated heterocycles. The molecule has 0 aromatic carbocycles. The maximum Gasteiger partial charge on any atom is 0.212 e. The van der Waals surface area contributed by atoms with Gasteiger partial charge in [-0.1, -0.05) is 0 Å². The Labute approximate surface area is 47.3 Å². The molecule has 0 aromatic heterocycles. The number of aliphatic hydroxyl groups excluding tert-OH is 1.